The maximum absolute atomic E-state index is 9.99. The Balaban J connectivity index is 4.08. The van der Waals surface area contributed by atoms with Gasteiger partial charge in [-0.1, -0.05) is 13.3 Å². The topological polar surface area (TPSA) is 38.7 Å². The predicted octanol–water partition coefficient (Wildman–Crippen LogP) is 1.85. The van der Waals surface area contributed by atoms with E-state index in [1.54, 1.807) is 0 Å². The van der Waals surface area contributed by atoms with E-state index >= 15 is 0 Å². The Hall–Kier alpha value is -0.730. The summed E-state index contributed by atoms with van der Waals surface area (Å²) in [6.07, 6.45) is 3.16. The van der Waals surface area contributed by atoms with Gasteiger partial charge in [-0.3, -0.25) is 0 Å². The van der Waals surface area contributed by atoms with Crippen LogP contribution in [0.3, 0.4) is 0 Å². The molecule has 0 saturated carbocycles. The van der Waals surface area contributed by atoms with E-state index in [1.165, 1.54) is 6.08 Å². The molecule has 0 fully saturated rings. The molecule has 12 heavy (non-hydrogen) atoms. The molecular weight excluding hydrogens is 174 g/mol. The lowest BCUT2D eigenvalue weighted by molar-refractivity contribution is 0.319. The zero-order valence-electron chi connectivity index (χ0n) is 7.37. The Labute approximate surface area is 77.8 Å². The summed E-state index contributed by atoms with van der Waals surface area (Å²) < 4.78 is 5.07. The molecule has 0 bridgehead atoms. The predicted molar refractivity (Wildman–Crippen MR) is 51.0 cm³/mol. The summed E-state index contributed by atoms with van der Waals surface area (Å²) in [6.45, 7) is 4.37. The molecular formula is C8H13NO2S. The van der Waals surface area contributed by atoms with Crippen molar-refractivity contribution >= 4 is 23.3 Å². The third-order valence-electron chi connectivity index (χ3n) is 1.33. The van der Waals surface area contributed by atoms with Gasteiger partial charge in [0.25, 0.3) is 0 Å². The van der Waals surface area contributed by atoms with Crippen molar-refractivity contribution in [2.45, 2.75) is 32.7 Å². The average Bonchev–Trinajstić information content (AvgIpc) is 2.04. The van der Waals surface area contributed by atoms with E-state index in [2.05, 4.69) is 4.99 Å². The van der Waals surface area contributed by atoms with Crippen LogP contribution >= 0.6 is 12.2 Å². The molecule has 3 nitrogen and oxygen atoms in total. The molecule has 0 aromatic carbocycles. The van der Waals surface area contributed by atoms with Crippen LogP contribution in [0.25, 0.3) is 0 Å². The number of rotatable bonds is 5. The summed E-state index contributed by atoms with van der Waals surface area (Å²) in [4.78, 5) is 13.6. The lowest BCUT2D eigenvalue weighted by atomic mass is 10.2. The van der Waals surface area contributed by atoms with Crippen molar-refractivity contribution < 1.29 is 9.53 Å². The number of ether oxygens (including phenoxy) is 1. The van der Waals surface area contributed by atoms with Gasteiger partial charge in [0.15, 0.2) is 5.05 Å². The summed E-state index contributed by atoms with van der Waals surface area (Å²) in [7, 11) is 0. The Bertz CT molecular complexity index is 187. The lowest BCUT2D eigenvalue weighted by Gasteiger charge is -2.10. The summed E-state index contributed by atoms with van der Waals surface area (Å²) in [6, 6.07) is -0.289. The monoisotopic (exact) mass is 187 g/mol. The molecule has 0 N–H and O–H groups in total. The molecule has 0 heterocycles. The number of carbonyl (C=O) groups excluding carboxylic acids is 1. The number of thiocarbonyl (C=S) groups is 1. The first-order chi connectivity index (χ1) is 5.76. The van der Waals surface area contributed by atoms with Crippen LogP contribution in [0, 0.1) is 0 Å². The van der Waals surface area contributed by atoms with Gasteiger partial charge in [0.1, 0.15) is 6.04 Å². The lowest BCUT2D eigenvalue weighted by Crippen LogP contribution is -2.19. The van der Waals surface area contributed by atoms with Crippen molar-refractivity contribution in [2.24, 2.45) is 4.99 Å². The first kappa shape index (κ1) is 11.3. The van der Waals surface area contributed by atoms with Gasteiger partial charge >= 0.3 is 0 Å². The Kier molecular flexibility index (Phi) is 6.53. The van der Waals surface area contributed by atoms with Crippen LogP contribution in [0.1, 0.15) is 26.7 Å². The van der Waals surface area contributed by atoms with Crippen LogP contribution in [0.2, 0.25) is 0 Å². The largest absolute Gasteiger partial charge is 0.485 e. The fraction of sp³-hybridized carbons (Fsp3) is 0.750. The molecule has 68 valence electrons. The number of nitrogens with zero attached hydrogens (tertiary/aromatic N) is 1. The Morgan fingerprint density at radius 1 is 1.67 bits per heavy atom. The van der Waals surface area contributed by atoms with Crippen molar-refractivity contribution in [3.8, 4) is 0 Å². The van der Waals surface area contributed by atoms with Crippen LogP contribution in [0.4, 0.5) is 0 Å². The smallest absolute Gasteiger partial charge is 0.235 e. The Morgan fingerprint density at radius 2 is 2.33 bits per heavy atom. The molecule has 0 saturated heterocycles. The minimum Gasteiger partial charge on any atom is -0.485 e. The second-order valence-electron chi connectivity index (χ2n) is 2.28. The second kappa shape index (κ2) is 6.95. The van der Waals surface area contributed by atoms with Crippen molar-refractivity contribution in [1.29, 1.82) is 0 Å². The fourth-order valence-electron chi connectivity index (χ4n) is 0.811. The summed E-state index contributed by atoms with van der Waals surface area (Å²) in [5.74, 6) is 0. The van der Waals surface area contributed by atoms with E-state index in [0.29, 0.717) is 11.7 Å². The molecule has 4 heteroatoms. The first-order valence-corrected chi connectivity index (χ1v) is 4.40. The molecule has 0 aromatic heterocycles. The molecule has 0 aliphatic rings. The molecule has 0 aliphatic carbocycles. The minimum absolute atomic E-state index is 0.289. The van der Waals surface area contributed by atoms with E-state index < -0.39 is 0 Å². The van der Waals surface area contributed by atoms with Gasteiger partial charge in [0.05, 0.1) is 6.61 Å². The van der Waals surface area contributed by atoms with Gasteiger partial charge in [-0.15, -0.1) is 0 Å². The van der Waals surface area contributed by atoms with Crippen molar-refractivity contribution in [2.75, 3.05) is 6.61 Å². The summed E-state index contributed by atoms with van der Waals surface area (Å²) in [5, 5.41) is 0.391. The van der Waals surface area contributed by atoms with E-state index in [-0.39, 0.29) is 6.04 Å². The second-order valence-corrected chi connectivity index (χ2v) is 2.68. The van der Waals surface area contributed by atoms with Gasteiger partial charge in [-0.2, -0.15) is 4.99 Å². The van der Waals surface area contributed by atoms with Crippen LogP contribution < -0.4 is 0 Å². The standard InChI is InChI=1S/C8H13NO2S/c1-3-5-7(9-6-10)8(12)11-4-2/h7H,3-5H2,1-2H3. The maximum atomic E-state index is 9.99. The molecule has 0 aliphatic heterocycles. The highest BCUT2D eigenvalue weighted by atomic mass is 32.1. The summed E-state index contributed by atoms with van der Waals surface area (Å²) >= 11 is 4.91. The van der Waals surface area contributed by atoms with Crippen LogP contribution in [0.5, 0.6) is 0 Å². The van der Waals surface area contributed by atoms with Gasteiger partial charge in [0, 0.05) is 0 Å². The zero-order chi connectivity index (χ0) is 9.40. The van der Waals surface area contributed by atoms with Gasteiger partial charge < -0.3 is 4.74 Å². The highest BCUT2D eigenvalue weighted by Crippen LogP contribution is 2.05. The third kappa shape index (κ3) is 4.21. The molecule has 0 spiro atoms. The van der Waals surface area contributed by atoms with Crippen molar-refractivity contribution in [3.05, 3.63) is 0 Å². The van der Waals surface area contributed by atoms with E-state index in [9.17, 15) is 4.79 Å². The highest BCUT2D eigenvalue weighted by molar-refractivity contribution is 7.80. The van der Waals surface area contributed by atoms with Crippen LogP contribution in [0.15, 0.2) is 4.99 Å². The molecule has 0 amide bonds. The van der Waals surface area contributed by atoms with E-state index in [1.807, 2.05) is 13.8 Å². The quantitative estimate of drug-likeness (QED) is 0.374. The molecule has 1 unspecified atom stereocenters. The molecule has 0 radical (unpaired) electrons. The van der Waals surface area contributed by atoms with Crippen molar-refractivity contribution in [1.82, 2.24) is 0 Å². The number of isocyanates is 1. The molecule has 0 rings (SSSR count). The number of hydrogen-bond donors (Lipinski definition) is 0. The molecule has 1 atom stereocenters. The molecule has 0 aromatic rings. The third-order valence-corrected chi connectivity index (χ3v) is 1.72. The normalized spacial score (nSPS) is 11.5. The first-order valence-electron chi connectivity index (χ1n) is 3.99. The maximum Gasteiger partial charge on any atom is 0.235 e. The number of hydrogen-bond acceptors (Lipinski definition) is 4. The average molecular weight is 187 g/mol. The van der Waals surface area contributed by atoms with E-state index in [0.717, 1.165) is 12.8 Å². The zero-order valence-corrected chi connectivity index (χ0v) is 8.19. The fourth-order valence-corrected chi connectivity index (χ4v) is 1.10. The summed E-state index contributed by atoms with van der Waals surface area (Å²) in [5.41, 5.74) is 0. The highest BCUT2D eigenvalue weighted by Gasteiger charge is 2.12. The van der Waals surface area contributed by atoms with Gasteiger partial charge in [0.2, 0.25) is 6.08 Å². The van der Waals surface area contributed by atoms with Crippen LogP contribution in [-0.4, -0.2) is 23.8 Å². The Morgan fingerprint density at radius 3 is 2.75 bits per heavy atom. The van der Waals surface area contributed by atoms with Gasteiger partial charge in [-0.25, -0.2) is 4.79 Å². The number of aliphatic imine (C=N–C) groups is 1. The van der Waals surface area contributed by atoms with Gasteiger partial charge in [-0.05, 0) is 25.6 Å². The van der Waals surface area contributed by atoms with Crippen LogP contribution in [-0.2, 0) is 9.53 Å². The van der Waals surface area contributed by atoms with E-state index in [4.69, 9.17) is 17.0 Å². The SMILES string of the molecule is CCCC(N=C=O)C(=S)OCC. The minimum atomic E-state index is -0.289. The van der Waals surface area contributed by atoms with Crippen molar-refractivity contribution in [3.63, 3.8) is 0 Å².